The summed E-state index contributed by atoms with van der Waals surface area (Å²) in [5, 5.41) is 2.61. The van der Waals surface area contributed by atoms with Crippen molar-refractivity contribution in [2.45, 2.75) is 26.2 Å². The van der Waals surface area contributed by atoms with Gasteiger partial charge in [-0.3, -0.25) is 0 Å². The Balaban J connectivity index is 1.65. The number of aromatic nitrogens is 3. The monoisotopic (exact) mass is 274 g/mol. The first-order valence-corrected chi connectivity index (χ1v) is 7.01. The summed E-state index contributed by atoms with van der Waals surface area (Å²) in [4.78, 5) is 13.0. The lowest BCUT2D eigenvalue weighted by molar-refractivity contribution is 0.519. The first-order chi connectivity index (χ1) is 9.20. The van der Waals surface area contributed by atoms with E-state index in [1.807, 2.05) is 24.4 Å². The van der Waals surface area contributed by atoms with E-state index in [0.717, 1.165) is 42.1 Å². The molecule has 0 amide bonds. The molecule has 0 unspecified atom stereocenters. The van der Waals surface area contributed by atoms with Gasteiger partial charge in [-0.1, -0.05) is 0 Å². The number of aryl methyl sites for hydroxylation is 3. The molecule has 0 aliphatic heterocycles. The number of nitrogens with two attached hydrogens (primary N) is 1. The molecule has 0 saturated carbocycles. The molecule has 19 heavy (non-hydrogen) atoms. The maximum absolute atomic E-state index is 5.65. The van der Waals surface area contributed by atoms with Crippen LogP contribution in [-0.4, -0.2) is 15.0 Å². The maximum atomic E-state index is 5.65. The highest BCUT2D eigenvalue weighted by atomic mass is 32.1. The van der Waals surface area contributed by atoms with Crippen molar-refractivity contribution >= 4 is 27.7 Å². The van der Waals surface area contributed by atoms with Gasteiger partial charge in [0, 0.05) is 17.5 Å². The van der Waals surface area contributed by atoms with E-state index in [-0.39, 0.29) is 0 Å². The minimum absolute atomic E-state index is 0.622. The number of hydrogen-bond donors (Lipinski definition) is 1. The standard InChI is InChI=1S/C13H14N4OS/c1-8-5-6-10-12(15-8)17-11(18-10)4-2-3-9-7-19-13(14)16-9/h5-7H,2-4H2,1H3,(H2,14,16). The molecule has 0 saturated heterocycles. The van der Waals surface area contributed by atoms with E-state index in [1.165, 1.54) is 11.3 Å². The fourth-order valence-electron chi connectivity index (χ4n) is 1.92. The Hall–Kier alpha value is -1.95. The average molecular weight is 274 g/mol. The van der Waals surface area contributed by atoms with Crippen LogP contribution in [0, 0.1) is 6.92 Å². The molecular formula is C13H14N4OS. The van der Waals surface area contributed by atoms with Gasteiger partial charge in [-0.2, -0.15) is 4.98 Å². The summed E-state index contributed by atoms with van der Waals surface area (Å²) >= 11 is 1.47. The van der Waals surface area contributed by atoms with Crippen molar-refractivity contribution in [2.75, 3.05) is 5.73 Å². The molecule has 0 aromatic carbocycles. The number of thiazole rings is 1. The molecule has 3 aromatic rings. The van der Waals surface area contributed by atoms with Gasteiger partial charge in [0.05, 0.1) is 5.69 Å². The Kier molecular flexibility index (Phi) is 3.16. The van der Waals surface area contributed by atoms with Gasteiger partial charge in [0.1, 0.15) is 0 Å². The van der Waals surface area contributed by atoms with Gasteiger partial charge >= 0.3 is 0 Å². The molecule has 0 fully saturated rings. The molecule has 5 nitrogen and oxygen atoms in total. The van der Waals surface area contributed by atoms with E-state index >= 15 is 0 Å². The van der Waals surface area contributed by atoms with E-state index < -0.39 is 0 Å². The Morgan fingerprint density at radius 1 is 1.21 bits per heavy atom. The van der Waals surface area contributed by atoms with Gasteiger partial charge in [0.25, 0.3) is 0 Å². The predicted molar refractivity (Wildman–Crippen MR) is 75.1 cm³/mol. The Labute approximate surface area is 114 Å². The topological polar surface area (TPSA) is 77.8 Å². The maximum Gasteiger partial charge on any atom is 0.199 e. The molecule has 2 N–H and O–H groups in total. The molecule has 98 valence electrons. The predicted octanol–water partition coefficient (Wildman–Crippen LogP) is 2.75. The Morgan fingerprint density at radius 3 is 2.89 bits per heavy atom. The van der Waals surface area contributed by atoms with E-state index in [2.05, 4.69) is 15.0 Å². The summed E-state index contributed by atoms with van der Waals surface area (Å²) in [6, 6.07) is 3.84. The van der Waals surface area contributed by atoms with Gasteiger partial charge in [-0.15, -0.1) is 11.3 Å². The van der Waals surface area contributed by atoms with E-state index in [0.29, 0.717) is 10.8 Å². The van der Waals surface area contributed by atoms with Crippen LogP contribution in [-0.2, 0) is 12.8 Å². The highest BCUT2D eigenvalue weighted by Gasteiger charge is 2.07. The van der Waals surface area contributed by atoms with Crippen LogP contribution in [0.1, 0.15) is 23.7 Å². The van der Waals surface area contributed by atoms with Crippen LogP contribution in [0.4, 0.5) is 5.13 Å². The Morgan fingerprint density at radius 2 is 2.11 bits per heavy atom. The van der Waals surface area contributed by atoms with Crippen LogP contribution in [0.15, 0.2) is 21.9 Å². The minimum Gasteiger partial charge on any atom is -0.439 e. The molecule has 0 spiro atoms. The van der Waals surface area contributed by atoms with E-state index in [4.69, 9.17) is 10.2 Å². The average Bonchev–Trinajstić information content (AvgIpc) is 2.95. The fraction of sp³-hybridized carbons (Fsp3) is 0.308. The molecule has 0 bridgehead atoms. The van der Waals surface area contributed by atoms with Crippen LogP contribution in [0.2, 0.25) is 0 Å². The zero-order valence-corrected chi connectivity index (χ0v) is 11.4. The highest BCUT2D eigenvalue weighted by Crippen LogP contribution is 2.17. The van der Waals surface area contributed by atoms with Crippen LogP contribution < -0.4 is 5.73 Å². The quantitative estimate of drug-likeness (QED) is 0.791. The number of nitrogen functional groups attached to an aromatic ring is 1. The SMILES string of the molecule is Cc1ccc2oc(CCCc3csc(N)n3)nc2n1. The summed E-state index contributed by atoms with van der Waals surface area (Å²) in [6.45, 7) is 1.94. The second kappa shape index (κ2) is 4.97. The molecule has 0 aliphatic carbocycles. The van der Waals surface area contributed by atoms with Crippen LogP contribution >= 0.6 is 11.3 Å². The number of anilines is 1. The van der Waals surface area contributed by atoms with Gasteiger partial charge in [-0.25, -0.2) is 9.97 Å². The molecule has 0 atom stereocenters. The molecule has 0 aliphatic rings. The highest BCUT2D eigenvalue weighted by molar-refractivity contribution is 7.13. The Bertz CT molecular complexity index is 704. The largest absolute Gasteiger partial charge is 0.439 e. The van der Waals surface area contributed by atoms with Crippen molar-refractivity contribution in [3.63, 3.8) is 0 Å². The molecule has 3 heterocycles. The summed E-state index contributed by atoms with van der Waals surface area (Å²) < 4.78 is 5.65. The molecule has 6 heteroatoms. The molecule has 0 radical (unpaired) electrons. The van der Waals surface area contributed by atoms with Crippen molar-refractivity contribution in [3.8, 4) is 0 Å². The third kappa shape index (κ3) is 2.73. The van der Waals surface area contributed by atoms with Gasteiger partial charge < -0.3 is 10.2 Å². The smallest absolute Gasteiger partial charge is 0.199 e. The number of pyridine rings is 1. The number of nitrogens with zero attached hydrogens (tertiary/aromatic N) is 3. The van der Waals surface area contributed by atoms with Crippen molar-refractivity contribution in [1.82, 2.24) is 15.0 Å². The van der Waals surface area contributed by atoms with Crippen LogP contribution in [0.25, 0.3) is 11.2 Å². The number of fused-ring (bicyclic) bond motifs is 1. The third-order valence-corrected chi connectivity index (χ3v) is 3.55. The number of oxazole rings is 1. The third-order valence-electron chi connectivity index (χ3n) is 2.83. The second-order valence-electron chi connectivity index (χ2n) is 4.41. The summed E-state index contributed by atoms with van der Waals surface area (Å²) in [7, 11) is 0. The molecule has 3 aromatic heterocycles. The minimum atomic E-state index is 0.622. The number of rotatable bonds is 4. The lowest BCUT2D eigenvalue weighted by atomic mass is 10.2. The fourth-order valence-corrected chi connectivity index (χ4v) is 2.52. The second-order valence-corrected chi connectivity index (χ2v) is 5.30. The first-order valence-electron chi connectivity index (χ1n) is 6.13. The zero-order valence-electron chi connectivity index (χ0n) is 10.6. The van der Waals surface area contributed by atoms with Crippen LogP contribution in [0.3, 0.4) is 0 Å². The zero-order chi connectivity index (χ0) is 13.2. The van der Waals surface area contributed by atoms with Gasteiger partial charge in [-0.05, 0) is 31.9 Å². The van der Waals surface area contributed by atoms with Crippen LogP contribution in [0.5, 0.6) is 0 Å². The summed E-state index contributed by atoms with van der Waals surface area (Å²) in [5.74, 6) is 0.733. The molecule has 3 rings (SSSR count). The van der Waals surface area contributed by atoms with Crippen molar-refractivity contribution in [3.05, 3.63) is 34.8 Å². The van der Waals surface area contributed by atoms with Crippen molar-refractivity contribution in [1.29, 1.82) is 0 Å². The lowest BCUT2D eigenvalue weighted by Gasteiger charge is -1.93. The van der Waals surface area contributed by atoms with Gasteiger partial charge in [0.2, 0.25) is 0 Å². The van der Waals surface area contributed by atoms with Gasteiger partial charge in [0.15, 0.2) is 22.3 Å². The van der Waals surface area contributed by atoms with Crippen molar-refractivity contribution in [2.24, 2.45) is 0 Å². The van der Waals surface area contributed by atoms with E-state index in [1.54, 1.807) is 0 Å². The number of hydrogen-bond acceptors (Lipinski definition) is 6. The lowest BCUT2D eigenvalue weighted by Crippen LogP contribution is -1.91. The normalized spacial score (nSPS) is 11.2. The first kappa shape index (κ1) is 12.1. The summed E-state index contributed by atoms with van der Waals surface area (Å²) in [5.41, 5.74) is 9.02. The van der Waals surface area contributed by atoms with E-state index in [9.17, 15) is 0 Å². The molecular weight excluding hydrogens is 260 g/mol. The summed E-state index contributed by atoms with van der Waals surface area (Å²) in [6.07, 6.45) is 2.61. The van der Waals surface area contributed by atoms with Crippen molar-refractivity contribution < 1.29 is 4.42 Å².